The zero-order valence-corrected chi connectivity index (χ0v) is 11.7. The van der Waals surface area contributed by atoms with E-state index in [-0.39, 0.29) is 6.09 Å². The van der Waals surface area contributed by atoms with Gasteiger partial charge in [0.25, 0.3) is 0 Å². The Balaban J connectivity index is 2.37. The third kappa shape index (κ3) is 5.17. The predicted molar refractivity (Wildman–Crippen MR) is 72.6 cm³/mol. The van der Waals surface area contributed by atoms with E-state index in [9.17, 15) is 4.79 Å². The van der Waals surface area contributed by atoms with Gasteiger partial charge in [0.2, 0.25) is 0 Å². The summed E-state index contributed by atoms with van der Waals surface area (Å²) in [5, 5.41) is 3.34. The molecule has 0 bridgehead atoms. The molecular formula is C12H24N2O2S. The van der Waals surface area contributed by atoms with Crippen molar-refractivity contribution in [3.63, 3.8) is 0 Å². The van der Waals surface area contributed by atoms with Crippen molar-refractivity contribution in [2.24, 2.45) is 0 Å². The molecule has 0 radical (unpaired) electrons. The van der Waals surface area contributed by atoms with Crippen LogP contribution in [0.1, 0.15) is 26.2 Å². The Labute approximate surface area is 108 Å². The fourth-order valence-corrected chi connectivity index (χ4v) is 2.41. The minimum Gasteiger partial charge on any atom is -0.449 e. The van der Waals surface area contributed by atoms with E-state index in [4.69, 9.17) is 4.74 Å². The monoisotopic (exact) mass is 260 g/mol. The first-order chi connectivity index (χ1) is 8.29. The van der Waals surface area contributed by atoms with E-state index in [1.807, 2.05) is 16.7 Å². The van der Waals surface area contributed by atoms with Crippen molar-refractivity contribution < 1.29 is 9.53 Å². The Morgan fingerprint density at radius 1 is 1.59 bits per heavy atom. The molecule has 0 spiro atoms. The smallest absolute Gasteiger partial charge is 0.410 e. The number of rotatable bonds is 6. The van der Waals surface area contributed by atoms with E-state index in [0.717, 1.165) is 44.6 Å². The molecule has 1 fully saturated rings. The lowest BCUT2D eigenvalue weighted by molar-refractivity contribution is 0.0758. The van der Waals surface area contributed by atoms with Crippen molar-refractivity contribution >= 4 is 17.9 Å². The van der Waals surface area contributed by atoms with Gasteiger partial charge in [0, 0.05) is 25.7 Å². The molecule has 1 N–H and O–H groups in total. The Morgan fingerprint density at radius 3 is 3.12 bits per heavy atom. The molecule has 1 unspecified atom stereocenters. The molecule has 5 heteroatoms. The van der Waals surface area contributed by atoms with Gasteiger partial charge in [-0.15, -0.1) is 0 Å². The molecule has 0 aromatic carbocycles. The highest BCUT2D eigenvalue weighted by Crippen LogP contribution is 2.12. The largest absolute Gasteiger partial charge is 0.449 e. The van der Waals surface area contributed by atoms with Gasteiger partial charge in [0.15, 0.2) is 0 Å². The number of thioether (sulfide) groups is 1. The molecule has 1 aliphatic heterocycles. The molecule has 0 aromatic heterocycles. The van der Waals surface area contributed by atoms with Crippen LogP contribution >= 0.6 is 11.8 Å². The summed E-state index contributed by atoms with van der Waals surface area (Å²) in [5.74, 6) is 1.09. The summed E-state index contributed by atoms with van der Waals surface area (Å²) in [7, 11) is 0. The van der Waals surface area contributed by atoms with Crippen molar-refractivity contribution in [3.8, 4) is 0 Å². The number of nitrogens with zero attached hydrogens (tertiary/aromatic N) is 1. The van der Waals surface area contributed by atoms with Gasteiger partial charge in [-0.2, -0.15) is 11.8 Å². The lowest BCUT2D eigenvalue weighted by atomic mass is 10.1. The van der Waals surface area contributed by atoms with Crippen molar-refractivity contribution in [1.82, 2.24) is 10.2 Å². The average Bonchev–Trinajstić information content (AvgIpc) is 2.37. The van der Waals surface area contributed by atoms with Gasteiger partial charge in [-0.25, -0.2) is 4.79 Å². The molecule has 4 nitrogen and oxygen atoms in total. The molecule has 100 valence electrons. The number of piperazine rings is 1. The quantitative estimate of drug-likeness (QED) is 0.741. The minimum atomic E-state index is -0.133. The van der Waals surface area contributed by atoms with E-state index in [2.05, 4.69) is 18.5 Å². The van der Waals surface area contributed by atoms with E-state index in [0.29, 0.717) is 12.6 Å². The first-order valence-corrected chi connectivity index (χ1v) is 7.82. The minimum absolute atomic E-state index is 0.133. The third-order valence-corrected chi connectivity index (χ3v) is 3.61. The molecule has 1 aliphatic rings. The Morgan fingerprint density at radius 2 is 2.41 bits per heavy atom. The molecule has 1 saturated heterocycles. The number of hydrogen-bond donors (Lipinski definition) is 1. The van der Waals surface area contributed by atoms with Crippen molar-refractivity contribution in [2.45, 2.75) is 32.2 Å². The number of nitrogens with one attached hydrogen (secondary N) is 1. The highest BCUT2D eigenvalue weighted by molar-refractivity contribution is 7.98. The number of carbonyl (C=O) groups is 1. The number of hydrogen-bond acceptors (Lipinski definition) is 4. The van der Waals surface area contributed by atoms with Gasteiger partial charge >= 0.3 is 6.09 Å². The zero-order chi connectivity index (χ0) is 12.5. The normalized spacial score (nSPS) is 20.4. The maximum absolute atomic E-state index is 11.9. The molecule has 1 atom stereocenters. The maximum atomic E-state index is 11.9. The highest BCUT2D eigenvalue weighted by atomic mass is 32.2. The van der Waals surface area contributed by atoms with Crippen molar-refractivity contribution in [2.75, 3.05) is 38.2 Å². The molecule has 0 saturated carbocycles. The second-order valence-corrected chi connectivity index (χ2v) is 5.29. The Bertz CT molecular complexity index is 227. The number of carbonyl (C=O) groups excluding carboxylic acids is 1. The Hall–Kier alpha value is -0.420. The summed E-state index contributed by atoms with van der Waals surface area (Å²) in [5.41, 5.74) is 0. The van der Waals surface area contributed by atoms with Crippen LogP contribution in [0.4, 0.5) is 4.79 Å². The van der Waals surface area contributed by atoms with Gasteiger partial charge in [-0.05, 0) is 24.9 Å². The average molecular weight is 260 g/mol. The van der Waals surface area contributed by atoms with Crippen LogP contribution in [0.15, 0.2) is 0 Å². The van der Waals surface area contributed by atoms with Crippen molar-refractivity contribution in [3.05, 3.63) is 0 Å². The van der Waals surface area contributed by atoms with Crippen LogP contribution in [-0.2, 0) is 4.74 Å². The maximum Gasteiger partial charge on any atom is 0.410 e. The summed E-state index contributed by atoms with van der Waals surface area (Å²) in [6.45, 7) is 5.18. The standard InChI is InChI=1S/C12H24N2O2S/c1-3-4-8-16-12(15)14-7-6-13-10-11(14)5-9-17-2/h11,13H,3-10H2,1-2H3. The summed E-state index contributed by atoms with van der Waals surface area (Å²) in [4.78, 5) is 13.8. The number of amides is 1. The van der Waals surface area contributed by atoms with Crippen LogP contribution in [0.2, 0.25) is 0 Å². The molecule has 1 amide bonds. The molecular weight excluding hydrogens is 236 g/mol. The third-order valence-electron chi connectivity index (χ3n) is 2.96. The first kappa shape index (κ1) is 14.6. The van der Waals surface area contributed by atoms with Gasteiger partial charge in [0.1, 0.15) is 0 Å². The van der Waals surface area contributed by atoms with Gasteiger partial charge in [-0.1, -0.05) is 13.3 Å². The van der Waals surface area contributed by atoms with Crippen LogP contribution in [0, 0.1) is 0 Å². The zero-order valence-electron chi connectivity index (χ0n) is 10.9. The molecule has 17 heavy (non-hydrogen) atoms. The topological polar surface area (TPSA) is 41.6 Å². The second kappa shape index (κ2) is 8.64. The number of unbranched alkanes of at least 4 members (excludes halogenated alkanes) is 1. The van der Waals surface area contributed by atoms with E-state index >= 15 is 0 Å². The summed E-state index contributed by atoms with van der Waals surface area (Å²) >= 11 is 1.82. The van der Waals surface area contributed by atoms with Crippen LogP contribution in [0.25, 0.3) is 0 Å². The fourth-order valence-electron chi connectivity index (χ4n) is 1.90. The van der Waals surface area contributed by atoms with Crippen LogP contribution in [0.3, 0.4) is 0 Å². The molecule has 0 aromatic rings. The molecule has 1 heterocycles. The summed E-state index contributed by atoms with van der Waals surface area (Å²) < 4.78 is 5.28. The van der Waals surface area contributed by atoms with E-state index < -0.39 is 0 Å². The van der Waals surface area contributed by atoms with E-state index in [1.165, 1.54) is 0 Å². The van der Waals surface area contributed by atoms with Crippen LogP contribution in [0.5, 0.6) is 0 Å². The summed E-state index contributed by atoms with van der Waals surface area (Å²) in [6.07, 6.45) is 5.01. The predicted octanol–water partition coefficient (Wildman–Crippen LogP) is 1.95. The number of ether oxygens (including phenoxy) is 1. The van der Waals surface area contributed by atoms with Gasteiger partial charge in [-0.3, -0.25) is 0 Å². The van der Waals surface area contributed by atoms with Gasteiger partial charge < -0.3 is 15.0 Å². The highest BCUT2D eigenvalue weighted by Gasteiger charge is 2.26. The van der Waals surface area contributed by atoms with E-state index in [1.54, 1.807) is 0 Å². The van der Waals surface area contributed by atoms with Crippen molar-refractivity contribution in [1.29, 1.82) is 0 Å². The fraction of sp³-hybridized carbons (Fsp3) is 0.917. The molecule has 1 rings (SSSR count). The summed E-state index contributed by atoms with van der Waals surface area (Å²) in [6, 6.07) is 0.297. The van der Waals surface area contributed by atoms with Crippen LogP contribution < -0.4 is 5.32 Å². The van der Waals surface area contributed by atoms with Gasteiger partial charge in [0.05, 0.1) is 6.61 Å². The lowest BCUT2D eigenvalue weighted by Crippen LogP contribution is -2.54. The second-order valence-electron chi connectivity index (χ2n) is 4.30. The lowest BCUT2D eigenvalue weighted by Gasteiger charge is -2.35. The van der Waals surface area contributed by atoms with Crippen LogP contribution in [-0.4, -0.2) is 55.3 Å². The first-order valence-electron chi connectivity index (χ1n) is 6.42. The Kier molecular flexibility index (Phi) is 7.44. The SMILES string of the molecule is CCCCOC(=O)N1CCNCC1CCSC. The molecule has 0 aliphatic carbocycles.